The second-order valence-corrected chi connectivity index (χ2v) is 10.9. The molecule has 0 N–H and O–H groups in total. The Hall–Kier alpha value is -3.64. The molecule has 6 nitrogen and oxygen atoms in total. The van der Waals surface area contributed by atoms with E-state index in [1.165, 1.54) is 11.3 Å². The first-order chi connectivity index (χ1) is 19.2. The molecule has 0 amide bonds. The number of carbonyl (C=O) groups excluding carboxylic acids is 2. The summed E-state index contributed by atoms with van der Waals surface area (Å²) in [6.07, 6.45) is 0.853. The van der Waals surface area contributed by atoms with E-state index in [0.717, 1.165) is 42.0 Å². The first-order valence-corrected chi connectivity index (χ1v) is 14.2. The number of nitrogens with zero attached hydrogens (tertiary/aromatic N) is 1. The standard InChI is InChI=1S/C34H41NO5/c1-6-38-31(33(37)39-7-2)22-25-13-15-27(16-14-25)40-20-19-35-18-17-34(4,5)29-23-28(24(3)21-30(29)35)32(36)26-11-9-8-10-12-26/h8-16,21,23,31H,6-7,17-20,22H2,1-5H3/t31-/m0/s1. The Bertz CT molecular complexity index is 1300. The van der Waals surface area contributed by atoms with Crippen molar-refractivity contribution in [1.29, 1.82) is 0 Å². The molecule has 0 aliphatic carbocycles. The van der Waals surface area contributed by atoms with E-state index in [9.17, 15) is 9.59 Å². The fourth-order valence-electron chi connectivity index (χ4n) is 5.24. The maximum absolute atomic E-state index is 13.3. The van der Waals surface area contributed by atoms with Gasteiger partial charge in [-0.25, -0.2) is 4.79 Å². The highest BCUT2D eigenvalue weighted by Crippen LogP contribution is 2.41. The van der Waals surface area contributed by atoms with E-state index in [1.807, 2.05) is 68.4 Å². The van der Waals surface area contributed by atoms with Crippen LogP contribution in [0.3, 0.4) is 0 Å². The number of hydrogen-bond acceptors (Lipinski definition) is 6. The summed E-state index contributed by atoms with van der Waals surface area (Å²) in [5, 5.41) is 0. The summed E-state index contributed by atoms with van der Waals surface area (Å²) in [7, 11) is 0. The lowest BCUT2D eigenvalue weighted by Crippen LogP contribution is -2.39. The number of esters is 1. The lowest BCUT2D eigenvalue weighted by molar-refractivity contribution is -0.156. The maximum Gasteiger partial charge on any atom is 0.335 e. The summed E-state index contributed by atoms with van der Waals surface area (Å²) in [4.78, 5) is 27.8. The Kier molecular flexibility index (Phi) is 9.64. The Morgan fingerprint density at radius 2 is 1.70 bits per heavy atom. The lowest BCUT2D eigenvalue weighted by atomic mass is 9.76. The zero-order valence-electron chi connectivity index (χ0n) is 24.4. The highest BCUT2D eigenvalue weighted by molar-refractivity contribution is 6.10. The van der Waals surface area contributed by atoms with Crippen molar-refractivity contribution in [2.75, 3.05) is 37.8 Å². The monoisotopic (exact) mass is 543 g/mol. The molecule has 1 aliphatic rings. The quantitative estimate of drug-likeness (QED) is 0.197. The Balaban J connectivity index is 1.42. The SMILES string of the molecule is CCOC(=O)[C@H](Cc1ccc(OCCN2CCC(C)(C)c3cc(C(=O)c4ccccc4)c(C)cc32)cc1)OCC. The maximum atomic E-state index is 13.3. The van der Waals surface area contributed by atoms with Crippen molar-refractivity contribution < 1.29 is 23.8 Å². The molecule has 0 fully saturated rings. The third-order valence-corrected chi connectivity index (χ3v) is 7.59. The number of fused-ring (bicyclic) bond motifs is 1. The zero-order valence-corrected chi connectivity index (χ0v) is 24.4. The fraction of sp³-hybridized carbons (Fsp3) is 0.412. The third kappa shape index (κ3) is 6.92. The molecule has 3 aromatic carbocycles. The molecule has 6 heteroatoms. The van der Waals surface area contributed by atoms with Crippen LogP contribution in [-0.2, 0) is 26.1 Å². The van der Waals surface area contributed by atoms with Gasteiger partial charge in [-0.1, -0.05) is 56.3 Å². The van der Waals surface area contributed by atoms with Gasteiger partial charge in [0.15, 0.2) is 11.9 Å². The van der Waals surface area contributed by atoms with Crippen molar-refractivity contribution in [3.63, 3.8) is 0 Å². The van der Waals surface area contributed by atoms with Gasteiger partial charge in [-0.3, -0.25) is 4.79 Å². The summed E-state index contributed by atoms with van der Waals surface area (Å²) < 4.78 is 16.8. The lowest BCUT2D eigenvalue weighted by Gasteiger charge is -2.41. The minimum absolute atomic E-state index is 0.0230. The van der Waals surface area contributed by atoms with Gasteiger partial charge in [-0.05, 0) is 73.6 Å². The van der Waals surface area contributed by atoms with E-state index in [-0.39, 0.29) is 17.2 Å². The molecule has 0 saturated carbocycles. The molecule has 40 heavy (non-hydrogen) atoms. The van der Waals surface area contributed by atoms with Crippen LogP contribution in [0.2, 0.25) is 0 Å². The van der Waals surface area contributed by atoms with Crippen LogP contribution in [0.4, 0.5) is 5.69 Å². The van der Waals surface area contributed by atoms with Gasteiger partial charge in [0, 0.05) is 36.4 Å². The summed E-state index contributed by atoms with van der Waals surface area (Å²) in [6, 6.07) is 21.6. The zero-order chi connectivity index (χ0) is 28.7. The van der Waals surface area contributed by atoms with Gasteiger partial charge < -0.3 is 19.1 Å². The first-order valence-electron chi connectivity index (χ1n) is 14.2. The topological polar surface area (TPSA) is 65.1 Å². The van der Waals surface area contributed by atoms with Crippen molar-refractivity contribution in [3.05, 3.63) is 94.5 Å². The molecule has 1 atom stereocenters. The minimum atomic E-state index is -0.605. The molecule has 212 valence electrons. The van der Waals surface area contributed by atoms with Gasteiger partial charge in [-0.15, -0.1) is 0 Å². The van der Waals surface area contributed by atoms with E-state index in [2.05, 4.69) is 30.9 Å². The van der Waals surface area contributed by atoms with Gasteiger partial charge >= 0.3 is 5.97 Å². The first kappa shape index (κ1) is 29.3. The molecule has 3 aromatic rings. The van der Waals surface area contributed by atoms with Crippen LogP contribution in [-0.4, -0.2) is 50.8 Å². The van der Waals surface area contributed by atoms with Crippen LogP contribution < -0.4 is 9.64 Å². The second kappa shape index (κ2) is 13.1. The Morgan fingerprint density at radius 1 is 0.975 bits per heavy atom. The van der Waals surface area contributed by atoms with E-state index < -0.39 is 6.10 Å². The van der Waals surface area contributed by atoms with Gasteiger partial charge in [0.1, 0.15) is 12.4 Å². The number of carbonyl (C=O) groups is 2. The molecule has 0 unspecified atom stereocenters. The van der Waals surface area contributed by atoms with Crippen molar-refractivity contribution >= 4 is 17.4 Å². The van der Waals surface area contributed by atoms with E-state index >= 15 is 0 Å². The number of anilines is 1. The second-order valence-electron chi connectivity index (χ2n) is 10.9. The van der Waals surface area contributed by atoms with Crippen LogP contribution in [0.25, 0.3) is 0 Å². The number of aryl methyl sites for hydroxylation is 1. The fourth-order valence-corrected chi connectivity index (χ4v) is 5.24. The predicted molar refractivity (Wildman–Crippen MR) is 159 cm³/mol. The molecule has 0 bridgehead atoms. The number of benzene rings is 3. The van der Waals surface area contributed by atoms with Crippen LogP contribution in [0, 0.1) is 6.92 Å². The number of ketones is 1. The molecular formula is C34H41NO5. The van der Waals surface area contributed by atoms with Gasteiger partial charge in [0.2, 0.25) is 0 Å². The average Bonchev–Trinajstić information content (AvgIpc) is 2.95. The third-order valence-electron chi connectivity index (χ3n) is 7.59. The van der Waals surface area contributed by atoms with Crippen LogP contribution >= 0.6 is 0 Å². The van der Waals surface area contributed by atoms with Crippen molar-refractivity contribution in [2.24, 2.45) is 0 Å². The summed E-state index contributed by atoms with van der Waals surface area (Å²) in [5.74, 6) is 0.516. The van der Waals surface area contributed by atoms with E-state index in [0.29, 0.717) is 31.8 Å². The highest BCUT2D eigenvalue weighted by Gasteiger charge is 2.32. The number of ether oxygens (including phenoxy) is 3. The smallest absolute Gasteiger partial charge is 0.335 e. The summed E-state index contributed by atoms with van der Waals surface area (Å²) in [5.41, 5.74) is 5.82. The average molecular weight is 544 g/mol. The molecule has 0 aromatic heterocycles. The normalized spacial score (nSPS) is 14.8. The van der Waals surface area contributed by atoms with Crippen molar-refractivity contribution in [3.8, 4) is 5.75 Å². The van der Waals surface area contributed by atoms with Gasteiger partial charge in [0.25, 0.3) is 0 Å². The van der Waals surface area contributed by atoms with Crippen LogP contribution in [0.15, 0.2) is 66.7 Å². The number of hydrogen-bond donors (Lipinski definition) is 0. The van der Waals surface area contributed by atoms with Crippen LogP contribution in [0.1, 0.15) is 66.7 Å². The Labute approximate surface area is 238 Å². The molecular weight excluding hydrogens is 502 g/mol. The molecule has 0 radical (unpaired) electrons. The molecule has 0 saturated heterocycles. The predicted octanol–water partition coefficient (Wildman–Crippen LogP) is 6.30. The van der Waals surface area contributed by atoms with E-state index in [1.54, 1.807) is 6.92 Å². The Morgan fingerprint density at radius 3 is 2.38 bits per heavy atom. The van der Waals surface area contributed by atoms with Crippen molar-refractivity contribution in [1.82, 2.24) is 0 Å². The molecule has 1 heterocycles. The van der Waals surface area contributed by atoms with E-state index in [4.69, 9.17) is 14.2 Å². The summed E-state index contributed by atoms with van der Waals surface area (Å²) >= 11 is 0. The largest absolute Gasteiger partial charge is 0.492 e. The highest BCUT2D eigenvalue weighted by atomic mass is 16.6. The van der Waals surface area contributed by atoms with Gasteiger partial charge in [0.05, 0.1) is 13.2 Å². The summed E-state index contributed by atoms with van der Waals surface area (Å²) in [6.45, 7) is 13.2. The van der Waals surface area contributed by atoms with Crippen molar-refractivity contribution in [2.45, 2.75) is 59.0 Å². The van der Waals surface area contributed by atoms with Gasteiger partial charge in [-0.2, -0.15) is 0 Å². The molecule has 1 aliphatic heterocycles. The number of rotatable bonds is 12. The molecule has 4 rings (SSSR count). The molecule has 0 spiro atoms. The van der Waals surface area contributed by atoms with Crippen LogP contribution in [0.5, 0.6) is 5.75 Å². The minimum Gasteiger partial charge on any atom is -0.492 e.